The van der Waals surface area contributed by atoms with E-state index in [1.54, 1.807) is 0 Å². The van der Waals surface area contributed by atoms with Gasteiger partial charge in [-0.1, -0.05) is 0 Å². The van der Waals surface area contributed by atoms with E-state index in [2.05, 4.69) is 36.1 Å². The predicted octanol–water partition coefficient (Wildman–Crippen LogP) is 0.763. The second-order valence-electron chi connectivity index (χ2n) is 5.47. The van der Waals surface area contributed by atoms with Crippen molar-refractivity contribution in [1.82, 2.24) is 15.1 Å². The summed E-state index contributed by atoms with van der Waals surface area (Å²) < 4.78 is 0. The van der Waals surface area contributed by atoms with Crippen LogP contribution in [0.5, 0.6) is 0 Å². The zero-order valence-electron chi connectivity index (χ0n) is 10.4. The number of hydrogen-bond donors (Lipinski definition) is 1. The lowest BCUT2D eigenvalue weighted by Crippen LogP contribution is -2.49. The van der Waals surface area contributed by atoms with Gasteiger partial charge in [0.1, 0.15) is 0 Å². The van der Waals surface area contributed by atoms with Gasteiger partial charge in [0.05, 0.1) is 0 Å². The SMILES string of the molecule is CC1CC(NC2CCN(C)C2)CCN1C. The number of hydrogen-bond acceptors (Lipinski definition) is 3. The molecule has 0 aliphatic carbocycles. The molecule has 3 nitrogen and oxygen atoms in total. The smallest absolute Gasteiger partial charge is 0.0209 e. The van der Waals surface area contributed by atoms with E-state index in [9.17, 15) is 0 Å². The Bertz CT molecular complexity index is 207. The minimum Gasteiger partial charge on any atom is -0.310 e. The highest BCUT2D eigenvalue weighted by molar-refractivity contribution is 4.87. The van der Waals surface area contributed by atoms with E-state index in [1.807, 2.05) is 0 Å². The Morgan fingerprint density at radius 2 is 1.80 bits per heavy atom. The molecule has 0 saturated carbocycles. The topological polar surface area (TPSA) is 18.5 Å². The zero-order valence-corrected chi connectivity index (χ0v) is 10.4. The maximum absolute atomic E-state index is 3.83. The van der Waals surface area contributed by atoms with Crippen molar-refractivity contribution in [3.05, 3.63) is 0 Å². The van der Waals surface area contributed by atoms with Crippen LogP contribution in [0.3, 0.4) is 0 Å². The first-order chi connectivity index (χ1) is 7.15. The van der Waals surface area contributed by atoms with Crippen molar-refractivity contribution in [3.8, 4) is 0 Å². The molecule has 2 heterocycles. The molecule has 3 unspecified atom stereocenters. The van der Waals surface area contributed by atoms with Crippen molar-refractivity contribution in [3.63, 3.8) is 0 Å². The van der Waals surface area contributed by atoms with E-state index in [4.69, 9.17) is 0 Å². The first-order valence-corrected chi connectivity index (χ1v) is 6.30. The fourth-order valence-electron chi connectivity index (χ4n) is 2.85. The van der Waals surface area contributed by atoms with Gasteiger partial charge >= 0.3 is 0 Å². The van der Waals surface area contributed by atoms with Gasteiger partial charge in [0.2, 0.25) is 0 Å². The number of nitrogens with one attached hydrogen (secondary N) is 1. The third-order valence-corrected chi connectivity index (χ3v) is 4.07. The highest BCUT2D eigenvalue weighted by Crippen LogP contribution is 2.17. The zero-order chi connectivity index (χ0) is 10.8. The molecule has 0 aromatic carbocycles. The van der Waals surface area contributed by atoms with Crippen LogP contribution in [-0.4, -0.2) is 61.7 Å². The fraction of sp³-hybridized carbons (Fsp3) is 1.00. The van der Waals surface area contributed by atoms with Crippen molar-refractivity contribution in [2.75, 3.05) is 33.7 Å². The third kappa shape index (κ3) is 2.92. The van der Waals surface area contributed by atoms with Crippen LogP contribution < -0.4 is 5.32 Å². The lowest BCUT2D eigenvalue weighted by molar-refractivity contribution is 0.162. The van der Waals surface area contributed by atoms with E-state index in [0.29, 0.717) is 0 Å². The van der Waals surface area contributed by atoms with Crippen molar-refractivity contribution < 1.29 is 0 Å². The molecular formula is C12H25N3. The largest absolute Gasteiger partial charge is 0.310 e. The number of nitrogens with zero attached hydrogens (tertiary/aromatic N) is 2. The van der Waals surface area contributed by atoms with Gasteiger partial charge in [0.15, 0.2) is 0 Å². The molecule has 0 aromatic heterocycles. The Hall–Kier alpha value is -0.120. The summed E-state index contributed by atoms with van der Waals surface area (Å²) in [7, 11) is 4.46. The first kappa shape index (κ1) is 11.4. The second-order valence-corrected chi connectivity index (χ2v) is 5.47. The molecule has 15 heavy (non-hydrogen) atoms. The minimum absolute atomic E-state index is 0.746. The molecule has 2 aliphatic heterocycles. The summed E-state index contributed by atoms with van der Waals surface area (Å²) in [6.07, 6.45) is 3.97. The van der Waals surface area contributed by atoms with Crippen LogP contribution in [0.25, 0.3) is 0 Å². The van der Waals surface area contributed by atoms with E-state index < -0.39 is 0 Å². The standard InChI is InChI=1S/C12H25N3/c1-10-8-11(5-7-15(10)3)13-12-4-6-14(2)9-12/h10-13H,4-9H2,1-3H3. The van der Waals surface area contributed by atoms with Crippen molar-refractivity contribution in [2.24, 2.45) is 0 Å². The minimum atomic E-state index is 0.746. The Morgan fingerprint density at radius 3 is 2.40 bits per heavy atom. The van der Waals surface area contributed by atoms with Crippen LogP contribution in [-0.2, 0) is 0 Å². The van der Waals surface area contributed by atoms with Crippen LogP contribution >= 0.6 is 0 Å². The third-order valence-electron chi connectivity index (χ3n) is 4.07. The van der Waals surface area contributed by atoms with Crippen LogP contribution in [0, 0.1) is 0 Å². The molecule has 88 valence electrons. The molecule has 0 radical (unpaired) electrons. The molecule has 1 N–H and O–H groups in total. The molecule has 0 aromatic rings. The lowest BCUT2D eigenvalue weighted by Gasteiger charge is -2.36. The molecular weight excluding hydrogens is 186 g/mol. The van der Waals surface area contributed by atoms with E-state index in [-0.39, 0.29) is 0 Å². The first-order valence-electron chi connectivity index (χ1n) is 6.30. The summed E-state index contributed by atoms with van der Waals surface area (Å²) >= 11 is 0. The van der Waals surface area contributed by atoms with Crippen LogP contribution in [0.2, 0.25) is 0 Å². The summed E-state index contributed by atoms with van der Waals surface area (Å²) in [5.41, 5.74) is 0. The van der Waals surface area contributed by atoms with E-state index >= 15 is 0 Å². The fourth-order valence-corrected chi connectivity index (χ4v) is 2.85. The molecule has 0 bridgehead atoms. The highest BCUT2D eigenvalue weighted by atomic mass is 15.2. The van der Waals surface area contributed by atoms with E-state index in [1.165, 1.54) is 38.9 Å². The monoisotopic (exact) mass is 211 g/mol. The quantitative estimate of drug-likeness (QED) is 0.727. The van der Waals surface area contributed by atoms with Gasteiger partial charge in [-0.25, -0.2) is 0 Å². The van der Waals surface area contributed by atoms with Gasteiger partial charge < -0.3 is 15.1 Å². The molecule has 3 heteroatoms. The number of piperidine rings is 1. The summed E-state index contributed by atoms with van der Waals surface area (Å²) in [6.45, 7) is 6.09. The van der Waals surface area contributed by atoms with E-state index in [0.717, 1.165) is 18.1 Å². The lowest BCUT2D eigenvalue weighted by atomic mass is 9.98. The molecule has 2 fully saturated rings. The Balaban J connectivity index is 1.75. The second kappa shape index (κ2) is 4.81. The number of likely N-dealkylation sites (tertiary alicyclic amines) is 2. The summed E-state index contributed by atoms with van der Waals surface area (Å²) in [4.78, 5) is 4.90. The van der Waals surface area contributed by atoms with Gasteiger partial charge in [-0.3, -0.25) is 0 Å². The van der Waals surface area contributed by atoms with Gasteiger partial charge in [0, 0.05) is 24.7 Å². The van der Waals surface area contributed by atoms with Crippen molar-refractivity contribution >= 4 is 0 Å². The molecule has 2 rings (SSSR count). The predicted molar refractivity (Wildman–Crippen MR) is 64.2 cm³/mol. The Morgan fingerprint density at radius 1 is 1.07 bits per heavy atom. The molecule has 2 saturated heterocycles. The van der Waals surface area contributed by atoms with Gasteiger partial charge in [-0.05, 0) is 53.4 Å². The highest BCUT2D eigenvalue weighted by Gasteiger charge is 2.26. The maximum Gasteiger partial charge on any atom is 0.0209 e. The summed E-state index contributed by atoms with van der Waals surface area (Å²) in [5, 5.41) is 3.83. The molecule has 0 spiro atoms. The van der Waals surface area contributed by atoms with Gasteiger partial charge in [-0.15, -0.1) is 0 Å². The Kier molecular flexibility index (Phi) is 3.65. The molecule has 3 atom stereocenters. The summed E-state index contributed by atoms with van der Waals surface area (Å²) in [5.74, 6) is 0. The Labute approximate surface area is 93.8 Å². The van der Waals surface area contributed by atoms with Gasteiger partial charge in [0.25, 0.3) is 0 Å². The molecule has 2 aliphatic rings. The normalized spacial score (nSPS) is 39.8. The maximum atomic E-state index is 3.83. The molecule has 0 amide bonds. The van der Waals surface area contributed by atoms with Crippen LogP contribution in [0.1, 0.15) is 26.2 Å². The number of likely N-dealkylation sites (N-methyl/N-ethyl adjacent to an activating group) is 1. The van der Waals surface area contributed by atoms with Crippen molar-refractivity contribution in [1.29, 1.82) is 0 Å². The number of rotatable bonds is 2. The summed E-state index contributed by atoms with van der Waals surface area (Å²) in [6, 6.07) is 2.25. The van der Waals surface area contributed by atoms with Crippen molar-refractivity contribution in [2.45, 2.75) is 44.3 Å². The average molecular weight is 211 g/mol. The average Bonchev–Trinajstić information content (AvgIpc) is 2.58. The van der Waals surface area contributed by atoms with Gasteiger partial charge in [-0.2, -0.15) is 0 Å². The van der Waals surface area contributed by atoms with Crippen LogP contribution in [0.15, 0.2) is 0 Å². The van der Waals surface area contributed by atoms with Crippen LogP contribution in [0.4, 0.5) is 0 Å².